The van der Waals surface area contributed by atoms with E-state index >= 15 is 0 Å². The summed E-state index contributed by atoms with van der Waals surface area (Å²) in [6.07, 6.45) is 0.861. The fraction of sp³-hybridized carbons (Fsp3) is 0.235. The number of hydrogen-bond acceptors (Lipinski definition) is 3. The molecule has 1 amide bonds. The first-order valence-electron chi connectivity index (χ1n) is 7.40. The summed E-state index contributed by atoms with van der Waals surface area (Å²) in [5.74, 6) is -0.167. The summed E-state index contributed by atoms with van der Waals surface area (Å²) in [6, 6.07) is 13.0. The summed E-state index contributed by atoms with van der Waals surface area (Å²) >= 11 is 0. The SMILES string of the molecule is CCCNC(=O)c1ccc(NS(=O)(=O)c2ccc(C)cc2)cc1. The van der Waals surface area contributed by atoms with Gasteiger partial charge < -0.3 is 5.32 Å². The van der Waals surface area contributed by atoms with Crippen molar-refractivity contribution in [3.8, 4) is 0 Å². The first-order chi connectivity index (χ1) is 10.9. The fourth-order valence-corrected chi connectivity index (χ4v) is 3.02. The summed E-state index contributed by atoms with van der Waals surface area (Å²) in [5.41, 5.74) is 1.90. The fourth-order valence-electron chi connectivity index (χ4n) is 1.96. The molecule has 0 aliphatic rings. The third kappa shape index (κ3) is 4.56. The molecule has 0 aromatic heterocycles. The highest BCUT2D eigenvalue weighted by Gasteiger charge is 2.14. The number of aryl methyl sites for hydroxylation is 1. The lowest BCUT2D eigenvalue weighted by Gasteiger charge is -2.09. The molecule has 0 heterocycles. The number of sulfonamides is 1. The molecule has 2 aromatic carbocycles. The summed E-state index contributed by atoms with van der Waals surface area (Å²) < 4.78 is 27.1. The van der Waals surface area contributed by atoms with Crippen LogP contribution in [0.1, 0.15) is 29.3 Å². The molecule has 6 heteroatoms. The van der Waals surface area contributed by atoms with Crippen LogP contribution in [-0.4, -0.2) is 20.9 Å². The van der Waals surface area contributed by atoms with Crippen LogP contribution in [-0.2, 0) is 10.0 Å². The van der Waals surface area contributed by atoms with Crippen LogP contribution in [0.25, 0.3) is 0 Å². The van der Waals surface area contributed by atoms with Gasteiger partial charge in [0.1, 0.15) is 0 Å². The van der Waals surface area contributed by atoms with Crippen molar-refractivity contribution in [2.45, 2.75) is 25.2 Å². The van der Waals surface area contributed by atoms with Gasteiger partial charge in [0, 0.05) is 17.8 Å². The normalized spacial score (nSPS) is 11.0. The Kier molecular flexibility index (Phi) is 5.39. The van der Waals surface area contributed by atoms with Gasteiger partial charge in [0.05, 0.1) is 4.90 Å². The van der Waals surface area contributed by atoms with Crippen molar-refractivity contribution in [1.82, 2.24) is 5.32 Å². The Bertz CT molecular complexity index is 766. The van der Waals surface area contributed by atoms with Crippen LogP contribution in [0.2, 0.25) is 0 Å². The summed E-state index contributed by atoms with van der Waals surface area (Å²) in [7, 11) is -3.63. The van der Waals surface area contributed by atoms with Crippen molar-refractivity contribution in [1.29, 1.82) is 0 Å². The average molecular weight is 332 g/mol. The molecule has 0 radical (unpaired) electrons. The Morgan fingerprint density at radius 3 is 2.17 bits per heavy atom. The van der Waals surface area contributed by atoms with Crippen molar-refractivity contribution in [2.75, 3.05) is 11.3 Å². The van der Waals surface area contributed by atoms with E-state index in [9.17, 15) is 13.2 Å². The molecule has 122 valence electrons. The molecule has 0 spiro atoms. The van der Waals surface area contributed by atoms with Gasteiger partial charge in [-0.25, -0.2) is 8.42 Å². The zero-order chi connectivity index (χ0) is 16.9. The van der Waals surface area contributed by atoms with Gasteiger partial charge in [-0.05, 0) is 49.7 Å². The van der Waals surface area contributed by atoms with Crippen LogP contribution in [0, 0.1) is 6.92 Å². The number of benzene rings is 2. The maximum Gasteiger partial charge on any atom is 0.261 e. The lowest BCUT2D eigenvalue weighted by Crippen LogP contribution is -2.23. The van der Waals surface area contributed by atoms with Crippen LogP contribution in [0.5, 0.6) is 0 Å². The molecular formula is C17H20N2O3S. The highest BCUT2D eigenvalue weighted by Crippen LogP contribution is 2.17. The van der Waals surface area contributed by atoms with E-state index < -0.39 is 10.0 Å². The number of carbonyl (C=O) groups is 1. The number of anilines is 1. The molecule has 0 saturated heterocycles. The van der Waals surface area contributed by atoms with Crippen LogP contribution in [0.3, 0.4) is 0 Å². The van der Waals surface area contributed by atoms with Gasteiger partial charge in [0.25, 0.3) is 15.9 Å². The summed E-state index contributed by atoms with van der Waals surface area (Å²) in [6.45, 7) is 4.48. The van der Waals surface area contributed by atoms with E-state index in [0.29, 0.717) is 17.8 Å². The largest absolute Gasteiger partial charge is 0.352 e. The molecule has 0 saturated carbocycles. The highest BCUT2D eigenvalue weighted by molar-refractivity contribution is 7.92. The molecule has 0 aliphatic carbocycles. The van der Waals surface area contributed by atoms with Gasteiger partial charge in [0.2, 0.25) is 0 Å². The topological polar surface area (TPSA) is 75.3 Å². The molecule has 2 rings (SSSR count). The number of carbonyl (C=O) groups excluding carboxylic acids is 1. The van der Waals surface area contributed by atoms with E-state index in [0.717, 1.165) is 12.0 Å². The van der Waals surface area contributed by atoms with E-state index in [2.05, 4.69) is 10.0 Å². The number of nitrogens with one attached hydrogen (secondary N) is 2. The van der Waals surface area contributed by atoms with Gasteiger partial charge in [0.15, 0.2) is 0 Å². The molecule has 0 atom stereocenters. The molecule has 23 heavy (non-hydrogen) atoms. The lowest BCUT2D eigenvalue weighted by atomic mass is 10.2. The quantitative estimate of drug-likeness (QED) is 0.854. The van der Waals surface area contributed by atoms with Crippen LogP contribution < -0.4 is 10.0 Å². The maximum atomic E-state index is 12.3. The van der Waals surface area contributed by atoms with Gasteiger partial charge >= 0.3 is 0 Å². The Labute approximate surface area is 136 Å². The molecule has 5 nitrogen and oxygen atoms in total. The van der Waals surface area contributed by atoms with E-state index in [1.807, 2.05) is 13.8 Å². The van der Waals surface area contributed by atoms with Crippen molar-refractivity contribution in [3.05, 3.63) is 59.7 Å². The zero-order valence-electron chi connectivity index (χ0n) is 13.2. The van der Waals surface area contributed by atoms with Crippen molar-refractivity contribution >= 4 is 21.6 Å². The second-order valence-corrected chi connectivity index (χ2v) is 6.93. The van der Waals surface area contributed by atoms with Crippen molar-refractivity contribution in [2.24, 2.45) is 0 Å². The minimum Gasteiger partial charge on any atom is -0.352 e. The third-order valence-corrected chi connectivity index (χ3v) is 4.66. The van der Waals surface area contributed by atoms with Gasteiger partial charge in [-0.15, -0.1) is 0 Å². The lowest BCUT2D eigenvalue weighted by molar-refractivity contribution is 0.0953. The minimum atomic E-state index is -3.63. The molecular weight excluding hydrogens is 312 g/mol. The second-order valence-electron chi connectivity index (χ2n) is 5.25. The Morgan fingerprint density at radius 2 is 1.61 bits per heavy atom. The smallest absolute Gasteiger partial charge is 0.261 e. The Morgan fingerprint density at radius 1 is 1.00 bits per heavy atom. The summed E-state index contributed by atoms with van der Waals surface area (Å²) in [4.78, 5) is 12.0. The van der Waals surface area contributed by atoms with Crippen molar-refractivity contribution < 1.29 is 13.2 Å². The Hall–Kier alpha value is -2.34. The van der Waals surface area contributed by atoms with Gasteiger partial charge in [-0.2, -0.15) is 0 Å². The molecule has 0 fully saturated rings. The van der Waals surface area contributed by atoms with E-state index in [1.165, 1.54) is 0 Å². The molecule has 2 N–H and O–H groups in total. The van der Waals surface area contributed by atoms with E-state index in [4.69, 9.17) is 0 Å². The van der Waals surface area contributed by atoms with Gasteiger partial charge in [-0.1, -0.05) is 24.6 Å². The second kappa shape index (κ2) is 7.28. The van der Waals surface area contributed by atoms with Crippen LogP contribution >= 0.6 is 0 Å². The molecule has 2 aromatic rings. The Balaban J connectivity index is 2.11. The molecule has 0 bridgehead atoms. The van der Waals surface area contributed by atoms with Gasteiger partial charge in [-0.3, -0.25) is 9.52 Å². The predicted molar refractivity (Wildman–Crippen MR) is 91.1 cm³/mol. The number of amides is 1. The summed E-state index contributed by atoms with van der Waals surface area (Å²) in [5, 5.41) is 2.77. The van der Waals surface area contributed by atoms with Crippen LogP contribution in [0.4, 0.5) is 5.69 Å². The molecule has 0 unspecified atom stereocenters. The van der Waals surface area contributed by atoms with Crippen LogP contribution in [0.15, 0.2) is 53.4 Å². The molecule has 0 aliphatic heterocycles. The first-order valence-corrected chi connectivity index (χ1v) is 8.88. The zero-order valence-corrected chi connectivity index (χ0v) is 14.0. The third-order valence-electron chi connectivity index (χ3n) is 3.27. The minimum absolute atomic E-state index is 0.167. The predicted octanol–water partition coefficient (Wildman–Crippen LogP) is 2.94. The first kappa shape index (κ1) is 17.0. The highest BCUT2D eigenvalue weighted by atomic mass is 32.2. The monoisotopic (exact) mass is 332 g/mol. The van der Waals surface area contributed by atoms with Crippen molar-refractivity contribution in [3.63, 3.8) is 0 Å². The number of rotatable bonds is 6. The maximum absolute atomic E-state index is 12.3. The van der Waals surface area contributed by atoms with E-state index in [-0.39, 0.29) is 10.8 Å². The average Bonchev–Trinajstić information content (AvgIpc) is 2.53. The number of hydrogen-bond donors (Lipinski definition) is 2. The van der Waals surface area contributed by atoms with E-state index in [1.54, 1.807) is 48.5 Å². The standard InChI is InChI=1S/C17H20N2O3S/c1-3-12-18-17(20)14-6-8-15(9-7-14)19-23(21,22)16-10-4-13(2)5-11-16/h4-11,19H,3,12H2,1-2H3,(H,18,20).